The molecule has 0 bridgehead atoms. The molecule has 0 fully saturated rings. The van der Waals surface area contributed by atoms with Gasteiger partial charge in [-0.25, -0.2) is 4.57 Å². The Kier molecular flexibility index (Phi) is 49.7. The van der Waals surface area contributed by atoms with Gasteiger partial charge in [0.15, 0.2) is 0 Å². The number of hydrogen-bond acceptors (Lipinski definition) is 5. The number of aliphatic hydroxyl groups is 1. The molecule has 3 atom stereocenters. The van der Waals surface area contributed by atoms with Gasteiger partial charge < -0.3 is 19.8 Å². The van der Waals surface area contributed by atoms with Crippen LogP contribution in [0, 0.1) is 0 Å². The lowest BCUT2D eigenvalue weighted by Gasteiger charge is -2.25. The molecule has 0 spiro atoms. The van der Waals surface area contributed by atoms with Gasteiger partial charge in [0.2, 0.25) is 5.91 Å². The number of unbranched alkanes of at least 4 members (excludes halogenated alkanes) is 37. The Morgan fingerprint density at radius 1 is 0.485 bits per heavy atom. The van der Waals surface area contributed by atoms with E-state index in [1.807, 2.05) is 27.2 Å². The lowest BCUT2D eigenvalue weighted by atomic mass is 10.0. The summed E-state index contributed by atoms with van der Waals surface area (Å²) in [6, 6.07) is -0.862. The van der Waals surface area contributed by atoms with Gasteiger partial charge in [0.1, 0.15) is 13.2 Å². The molecule has 68 heavy (non-hydrogen) atoms. The number of hydrogen-bond donors (Lipinski definition) is 3. The van der Waals surface area contributed by atoms with Crippen molar-refractivity contribution >= 4 is 13.7 Å². The van der Waals surface area contributed by atoms with E-state index in [9.17, 15) is 19.4 Å². The van der Waals surface area contributed by atoms with Crippen LogP contribution < -0.4 is 5.32 Å². The average Bonchev–Trinajstić information content (AvgIpc) is 3.30. The van der Waals surface area contributed by atoms with E-state index >= 15 is 0 Å². The predicted molar refractivity (Wildman–Crippen MR) is 295 cm³/mol. The van der Waals surface area contributed by atoms with Crippen LogP contribution in [0.3, 0.4) is 0 Å². The monoisotopic (exact) mass is 980 g/mol. The first-order valence-electron chi connectivity index (χ1n) is 29.4. The van der Waals surface area contributed by atoms with E-state index in [1.54, 1.807) is 6.08 Å². The van der Waals surface area contributed by atoms with Crippen molar-refractivity contribution in [2.24, 2.45) is 0 Å². The third kappa shape index (κ3) is 52.5. The SMILES string of the molecule is CCCCCCCCCCCC/C=C/CC/C=C/C(O)C(COP(=O)(O)OCC[N+](C)(C)C)NC(=O)CCCCCCCCCCCCCCCC/C=C\CCCCCCCCCCCCCC. The topological polar surface area (TPSA) is 105 Å². The summed E-state index contributed by atoms with van der Waals surface area (Å²) in [6.07, 6.45) is 65.5. The molecular weight excluding hydrogens is 864 g/mol. The van der Waals surface area contributed by atoms with Crippen molar-refractivity contribution in [3.63, 3.8) is 0 Å². The Bertz CT molecular complexity index is 1200. The summed E-state index contributed by atoms with van der Waals surface area (Å²) in [5.41, 5.74) is 0. The van der Waals surface area contributed by atoms with Crippen LogP contribution in [0.15, 0.2) is 36.5 Å². The number of rotatable bonds is 54. The summed E-state index contributed by atoms with van der Waals surface area (Å²) in [5, 5.41) is 13.9. The maximum absolute atomic E-state index is 13.0. The van der Waals surface area contributed by atoms with Gasteiger partial charge in [-0.3, -0.25) is 13.8 Å². The van der Waals surface area contributed by atoms with Crippen molar-refractivity contribution in [1.82, 2.24) is 5.32 Å². The minimum Gasteiger partial charge on any atom is -0.387 e. The zero-order chi connectivity index (χ0) is 49.9. The number of amides is 1. The molecule has 0 saturated carbocycles. The second-order valence-electron chi connectivity index (χ2n) is 21.4. The molecule has 0 aliphatic heterocycles. The molecule has 0 aromatic heterocycles. The molecule has 9 heteroatoms. The number of allylic oxidation sites excluding steroid dienone is 5. The first kappa shape index (κ1) is 66.7. The van der Waals surface area contributed by atoms with Gasteiger partial charge >= 0.3 is 7.82 Å². The molecule has 8 nitrogen and oxygen atoms in total. The number of likely N-dealkylation sites (N-methyl/N-ethyl adjacent to an activating group) is 1. The lowest BCUT2D eigenvalue weighted by molar-refractivity contribution is -0.870. The predicted octanol–water partition coefficient (Wildman–Crippen LogP) is 17.8. The van der Waals surface area contributed by atoms with E-state index in [0.29, 0.717) is 17.4 Å². The van der Waals surface area contributed by atoms with Crippen molar-refractivity contribution in [3.8, 4) is 0 Å². The first-order chi connectivity index (χ1) is 33.0. The molecule has 0 heterocycles. The highest BCUT2D eigenvalue weighted by molar-refractivity contribution is 7.47. The summed E-state index contributed by atoms with van der Waals surface area (Å²) < 4.78 is 23.7. The minimum atomic E-state index is -4.35. The summed E-state index contributed by atoms with van der Waals surface area (Å²) in [5.74, 6) is -0.184. The van der Waals surface area contributed by atoms with Crippen LogP contribution in [0.1, 0.15) is 284 Å². The highest BCUT2D eigenvalue weighted by Gasteiger charge is 2.27. The summed E-state index contributed by atoms with van der Waals surface area (Å²) >= 11 is 0. The maximum atomic E-state index is 13.0. The minimum absolute atomic E-state index is 0.0571. The van der Waals surface area contributed by atoms with Crippen molar-refractivity contribution in [1.29, 1.82) is 0 Å². The number of aliphatic hydroxyl groups excluding tert-OH is 1. The van der Waals surface area contributed by atoms with Crippen LogP contribution in [-0.4, -0.2) is 73.4 Å². The van der Waals surface area contributed by atoms with Crippen LogP contribution in [0.5, 0.6) is 0 Å². The molecule has 0 aromatic rings. The fourth-order valence-corrected chi connectivity index (χ4v) is 9.44. The van der Waals surface area contributed by atoms with Crippen molar-refractivity contribution in [3.05, 3.63) is 36.5 Å². The largest absolute Gasteiger partial charge is 0.472 e. The standard InChI is InChI=1S/C59H115N2O6P/c1-6-8-10-12-14-16-18-20-22-24-25-26-27-28-29-30-31-32-33-34-35-36-37-39-41-43-45-47-49-51-53-59(63)60-57(56-67-68(64,65)66-55-54-61(3,4)5)58(62)52-50-48-46-44-42-40-38-23-21-19-17-15-13-11-9-7-2/h28-29,42,44,50,52,57-58,62H,6-27,30-41,43,45-49,51,53-56H2,1-5H3,(H-,60,63,64,65)/p+1/b29-28-,44-42+,52-50+. The molecule has 3 unspecified atom stereocenters. The van der Waals surface area contributed by atoms with Crippen molar-refractivity contribution in [2.45, 2.75) is 296 Å². The van der Waals surface area contributed by atoms with Gasteiger partial charge in [0.05, 0.1) is 39.9 Å². The lowest BCUT2D eigenvalue weighted by Crippen LogP contribution is -2.45. The van der Waals surface area contributed by atoms with E-state index in [2.05, 4.69) is 43.5 Å². The van der Waals surface area contributed by atoms with E-state index < -0.39 is 20.0 Å². The normalized spacial score (nSPS) is 14.2. The number of quaternary nitrogens is 1. The van der Waals surface area contributed by atoms with E-state index in [0.717, 1.165) is 38.5 Å². The van der Waals surface area contributed by atoms with Crippen LogP contribution in [-0.2, 0) is 18.4 Å². The van der Waals surface area contributed by atoms with E-state index in [1.165, 1.54) is 225 Å². The third-order valence-corrected chi connectivity index (χ3v) is 14.3. The molecule has 3 N–H and O–H groups in total. The summed E-state index contributed by atoms with van der Waals surface area (Å²) in [4.78, 5) is 23.3. The van der Waals surface area contributed by atoms with Gasteiger partial charge in [0, 0.05) is 6.42 Å². The Labute approximate surface area is 423 Å². The van der Waals surface area contributed by atoms with E-state index in [-0.39, 0.29) is 19.1 Å². The zero-order valence-electron chi connectivity index (χ0n) is 45.9. The maximum Gasteiger partial charge on any atom is 0.472 e. The molecular formula is C59H116N2O6P+. The fraction of sp³-hybridized carbons (Fsp3) is 0.881. The van der Waals surface area contributed by atoms with Gasteiger partial charge in [-0.15, -0.1) is 0 Å². The number of phosphoric ester groups is 1. The van der Waals surface area contributed by atoms with Crippen LogP contribution >= 0.6 is 7.82 Å². The number of nitrogens with zero attached hydrogens (tertiary/aromatic N) is 1. The Morgan fingerprint density at radius 3 is 1.18 bits per heavy atom. The summed E-state index contributed by atoms with van der Waals surface area (Å²) in [6.45, 7) is 4.82. The molecule has 0 rings (SSSR count). The quantitative estimate of drug-likeness (QED) is 0.0243. The third-order valence-electron chi connectivity index (χ3n) is 13.3. The Hall–Kier alpha value is -1.28. The van der Waals surface area contributed by atoms with Crippen molar-refractivity contribution in [2.75, 3.05) is 40.9 Å². The number of carbonyl (C=O) groups is 1. The molecule has 1 amide bonds. The van der Waals surface area contributed by atoms with Crippen molar-refractivity contribution < 1.29 is 32.9 Å². The molecule has 0 aromatic carbocycles. The molecule has 0 radical (unpaired) electrons. The second kappa shape index (κ2) is 50.7. The molecule has 0 aliphatic carbocycles. The Balaban J connectivity index is 4.11. The second-order valence-corrected chi connectivity index (χ2v) is 22.8. The molecule has 402 valence electrons. The Morgan fingerprint density at radius 2 is 0.809 bits per heavy atom. The fourth-order valence-electron chi connectivity index (χ4n) is 8.70. The number of phosphoric acid groups is 1. The van der Waals surface area contributed by atoms with Gasteiger partial charge in [-0.1, -0.05) is 256 Å². The van der Waals surface area contributed by atoms with Crippen LogP contribution in [0.2, 0.25) is 0 Å². The van der Waals surface area contributed by atoms with Gasteiger partial charge in [-0.05, 0) is 57.8 Å². The molecule has 0 aliphatic rings. The summed E-state index contributed by atoms with van der Waals surface area (Å²) in [7, 11) is 1.56. The first-order valence-corrected chi connectivity index (χ1v) is 30.9. The smallest absolute Gasteiger partial charge is 0.387 e. The average molecular weight is 981 g/mol. The highest BCUT2D eigenvalue weighted by Crippen LogP contribution is 2.43. The zero-order valence-corrected chi connectivity index (χ0v) is 46.8. The highest BCUT2D eigenvalue weighted by atomic mass is 31.2. The number of carbonyl (C=O) groups excluding carboxylic acids is 1. The number of nitrogens with one attached hydrogen (secondary N) is 1. The van der Waals surface area contributed by atoms with E-state index in [4.69, 9.17) is 9.05 Å². The van der Waals surface area contributed by atoms with Gasteiger partial charge in [0.25, 0.3) is 0 Å². The van der Waals surface area contributed by atoms with Crippen LogP contribution in [0.4, 0.5) is 0 Å². The molecule has 0 saturated heterocycles. The van der Waals surface area contributed by atoms with Crippen LogP contribution in [0.25, 0.3) is 0 Å². The van der Waals surface area contributed by atoms with Gasteiger partial charge in [-0.2, -0.15) is 0 Å².